The van der Waals surface area contributed by atoms with Gasteiger partial charge in [0.1, 0.15) is 0 Å². The van der Waals surface area contributed by atoms with Gasteiger partial charge < -0.3 is 9.84 Å². The Kier molecular flexibility index (Phi) is 6.13. The predicted octanol–water partition coefficient (Wildman–Crippen LogP) is 1.45. The molecular formula is C15H27N3O2S. The molecule has 0 amide bonds. The van der Waals surface area contributed by atoms with E-state index in [9.17, 15) is 5.11 Å². The molecule has 1 aromatic rings. The quantitative estimate of drug-likeness (QED) is 0.861. The highest BCUT2D eigenvalue weighted by Gasteiger charge is 2.21. The van der Waals surface area contributed by atoms with E-state index in [1.165, 1.54) is 4.88 Å². The topological polar surface area (TPSA) is 48.8 Å². The van der Waals surface area contributed by atoms with Crippen LogP contribution in [0.25, 0.3) is 0 Å². The second-order valence-electron chi connectivity index (χ2n) is 5.86. The Hall–Kier alpha value is -0.530. The summed E-state index contributed by atoms with van der Waals surface area (Å²) in [7, 11) is 2.07. The number of hydrogen-bond donors (Lipinski definition) is 1. The van der Waals surface area contributed by atoms with Crippen LogP contribution in [0.3, 0.4) is 0 Å². The number of aromatic nitrogens is 1. The van der Waals surface area contributed by atoms with Crippen LogP contribution in [0.1, 0.15) is 28.5 Å². The Balaban J connectivity index is 1.84. The lowest BCUT2D eigenvalue weighted by Crippen LogP contribution is -2.44. The van der Waals surface area contributed by atoms with Crippen LogP contribution in [-0.4, -0.2) is 72.4 Å². The summed E-state index contributed by atoms with van der Waals surface area (Å²) >= 11 is 1.75. The van der Waals surface area contributed by atoms with Crippen LogP contribution in [0, 0.1) is 13.8 Å². The molecule has 1 N–H and O–H groups in total. The van der Waals surface area contributed by atoms with Gasteiger partial charge in [-0.3, -0.25) is 9.80 Å². The molecule has 1 fully saturated rings. The number of morpholine rings is 1. The van der Waals surface area contributed by atoms with E-state index in [0.29, 0.717) is 6.54 Å². The fourth-order valence-electron chi connectivity index (χ4n) is 2.76. The molecule has 0 saturated carbocycles. The van der Waals surface area contributed by atoms with Crippen LogP contribution in [0.2, 0.25) is 0 Å². The monoisotopic (exact) mass is 313 g/mol. The molecule has 1 aromatic heterocycles. The van der Waals surface area contributed by atoms with Crippen molar-refractivity contribution in [3.05, 3.63) is 15.6 Å². The summed E-state index contributed by atoms with van der Waals surface area (Å²) in [6.45, 7) is 11.1. The fraction of sp³-hybridized carbons (Fsp3) is 0.800. The van der Waals surface area contributed by atoms with Gasteiger partial charge in [0.25, 0.3) is 0 Å². The maximum atomic E-state index is 10.3. The largest absolute Gasteiger partial charge is 0.390 e. The van der Waals surface area contributed by atoms with Gasteiger partial charge in [-0.25, -0.2) is 4.98 Å². The van der Waals surface area contributed by atoms with Crippen LogP contribution in [0.15, 0.2) is 0 Å². The zero-order chi connectivity index (χ0) is 15.4. The first-order valence-electron chi connectivity index (χ1n) is 7.59. The molecule has 2 atom stereocenters. The van der Waals surface area contributed by atoms with Crippen LogP contribution in [-0.2, 0) is 4.74 Å². The summed E-state index contributed by atoms with van der Waals surface area (Å²) in [5.41, 5.74) is 1.11. The minimum Gasteiger partial charge on any atom is -0.390 e. The molecule has 1 aliphatic rings. The SMILES string of the molecule is Cc1nc(C)c(C(C)N(C)CC(O)CN2CCOCC2)s1. The third kappa shape index (κ3) is 4.72. The van der Waals surface area contributed by atoms with Gasteiger partial charge in [0.05, 0.1) is 30.0 Å². The minimum absolute atomic E-state index is 0.288. The molecule has 6 heteroatoms. The third-order valence-electron chi connectivity index (χ3n) is 4.05. The predicted molar refractivity (Wildman–Crippen MR) is 85.9 cm³/mol. The molecule has 120 valence electrons. The zero-order valence-electron chi connectivity index (χ0n) is 13.5. The molecule has 0 aliphatic carbocycles. The molecule has 2 unspecified atom stereocenters. The van der Waals surface area contributed by atoms with E-state index in [1.54, 1.807) is 11.3 Å². The highest BCUT2D eigenvalue weighted by molar-refractivity contribution is 7.11. The Bertz CT molecular complexity index is 446. The lowest BCUT2D eigenvalue weighted by atomic mass is 10.2. The number of β-amino-alcohol motifs (C(OH)–C–C–N with tert-alkyl or cyclic N) is 1. The van der Waals surface area contributed by atoms with Gasteiger partial charge in [0.15, 0.2) is 0 Å². The lowest BCUT2D eigenvalue weighted by molar-refractivity contribution is 0.00633. The van der Waals surface area contributed by atoms with Crippen molar-refractivity contribution in [2.24, 2.45) is 0 Å². The van der Waals surface area contributed by atoms with E-state index in [0.717, 1.165) is 43.5 Å². The van der Waals surface area contributed by atoms with Crippen LogP contribution < -0.4 is 0 Å². The maximum absolute atomic E-state index is 10.3. The fourth-order valence-corrected chi connectivity index (χ4v) is 3.81. The zero-order valence-corrected chi connectivity index (χ0v) is 14.3. The first-order valence-corrected chi connectivity index (χ1v) is 8.41. The van der Waals surface area contributed by atoms with Gasteiger partial charge in [-0.15, -0.1) is 11.3 Å². The highest BCUT2D eigenvalue weighted by atomic mass is 32.1. The second-order valence-corrected chi connectivity index (χ2v) is 7.10. The summed E-state index contributed by atoms with van der Waals surface area (Å²) in [6.07, 6.45) is -0.329. The second kappa shape index (κ2) is 7.65. The summed E-state index contributed by atoms with van der Waals surface area (Å²) in [5.74, 6) is 0. The van der Waals surface area contributed by atoms with Crippen LogP contribution >= 0.6 is 11.3 Å². The van der Waals surface area contributed by atoms with Crippen LogP contribution in [0.4, 0.5) is 0 Å². The Morgan fingerprint density at radius 3 is 2.62 bits per heavy atom. The third-order valence-corrected chi connectivity index (χ3v) is 5.29. The van der Waals surface area contributed by atoms with Crippen LogP contribution in [0.5, 0.6) is 0 Å². The van der Waals surface area contributed by atoms with Gasteiger partial charge in [-0.1, -0.05) is 0 Å². The number of rotatable bonds is 6. The summed E-state index contributed by atoms with van der Waals surface area (Å²) in [4.78, 5) is 10.3. The molecule has 2 rings (SSSR count). The molecule has 2 heterocycles. The van der Waals surface area contributed by atoms with Gasteiger partial charge in [0.2, 0.25) is 0 Å². The Morgan fingerprint density at radius 1 is 1.38 bits per heavy atom. The normalized spacial score (nSPS) is 19.9. The molecular weight excluding hydrogens is 286 g/mol. The van der Waals surface area contributed by atoms with Crippen molar-refractivity contribution in [2.45, 2.75) is 32.9 Å². The standard InChI is InChI=1S/C15H27N3O2S/c1-11-15(21-13(3)16-11)12(2)17(4)9-14(19)10-18-5-7-20-8-6-18/h12,14,19H,5-10H2,1-4H3. The van der Waals surface area contributed by atoms with Crippen molar-refractivity contribution >= 4 is 11.3 Å². The molecule has 5 nitrogen and oxygen atoms in total. The van der Waals surface area contributed by atoms with Crippen molar-refractivity contribution in [3.63, 3.8) is 0 Å². The minimum atomic E-state index is -0.329. The Morgan fingerprint density at radius 2 is 2.05 bits per heavy atom. The van der Waals surface area contributed by atoms with Gasteiger partial charge in [-0.05, 0) is 27.8 Å². The average Bonchev–Trinajstić information content (AvgIpc) is 2.77. The van der Waals surface area contributed by atoms with Crippen molar-refractivity contribution in [3.8, 4) is 0 Å². The first-order chi connectivity index (χ1) is 9.97. The van der Waals surface area contributed by atoms with Gasteiger partial charge >= 0.3 is 0 Å². The van der Waals surface area contributed by atoms with Gasteiger partial charge in [0, 0.05) is 37.1 Å². The number of likely N-dealkylation sites (N-methyl/N-ethyl adjacent to an activating group) is 1. The molecule has 0 aromatic carbocycles. The smallest absolute Gasteiger partial charge is 0.0900 e. The maximum Gasteiger partial charge on any atom is 0.0900 e. The highest BCUT2D eigenvalue weighted by Crippen LogP contribution is 2.28. The lowest BCUT2D eigenvalue weighted by Gasteiger charge is -2.31. The number of aryl methyl sites for hydroxylation is 2. The summed E-state index contributed by atoms with van der Waals surface area (Å²) < 4.78 is 5.33. The van der Waals surface area contributed by atoms with Gasteiger partial charge in [-0.2, -0.15) is 0 Å². The number of aliphatic hydroxyl groups is 1. The number of nitrogens with zero attached hydrogens (tertiary/aromatic N) is 3. The summed E-state index contributed by atoms with van der Waals surface area (Å²) in [6, 6.07) is 0.288. The van der Waals surface area contributed by atoms with E-state index in [4.69, 9.17) is 4.74 Å². The van der Waals surface area contributed by atoms with E-state index >= 15 is 0 Å². The van der Waals surface area contributed by atoms with E-state index in [2.05, 4.69) is 35.7 Å². The van der Waals surface area contributed by atoms with Crippen molar-refractivity contribution in [1.82, 2.24) is 14.8 Å². The number of thiazole rings is 1. The van der Waals surface area contributed by atoms with Crippen molar-refractivity contribution < 1.29 is 9.84 Å². The molecule has 21 heavy (non-hydrogen) atoms. The summed E-state index contributed by atoms with van der Waals surface area (Å²) in [5, 5.41) is 11.4. The van der Waals surface area contributed by atoms with E-state index in [-0.39, 0.29) is 12.1 Å². The van der Waals surface area contributed by atoms with Crippen molar-refractivity contribution in [1.29, 1.82) is 0 Å². The number of hydrogen-bond acceptors (Lipinski definition) is 6. The molecule has 1 saturated heterocycles. The molecule has 0 radical (unpaired) electrons. The average molecular weight is 313 g/mol. The molecule has 1 aliphatic heterocycles. The molecule has 0 bridgehead atoms. The molecule has 0 spiro atoms. The van der Waals surface area contributed by atoms with E-state index in [1.807, 2.05) is 6.92 Å². The van der Waals surface area contributed by atoms with Crippen molar-refractivity contribution in [2.75, 3.05) is 46.4 Å². The number of aliphatic hydroxyl groups excluding tert-OH is 1. The Labute approximate surface area is 131 Å². The number of ether oxygens (including phenoxy) is 1. The first kappa shape index (κ1) is 16.8. The van der Waals surface area contributed by atoms with E-state index < -0.39 is 0 Å².